The van der Waals surface area contributed by atoms with E-state index in [2.05, 4.69) is 39.9 Å². The molecule has 24 heavy (non-hydrogen) atoms. The number of rotatable bonds is 6. The largest absolute Gasteiger partial charge is 0.492 e. The van der Waals surface area contributed by atoms with Crippen LogP contribution >= 0.6 is 0 Å². The lowest BCUT2D eigenvalue weighted by Crippen LogP contribution is -2.48. The van der Waals surface area contributed by atoms with Gasteiger partial charge in [0.25, 0.3) is 0 Å². The van der Waals surface area contributed by atoms with Crippen LogP contribution in [0.5, 0.6) is 5.75 Å². The quantitative estimate of drug-likeness (QED) is 0.811. The molecule has 1 aromatic heterocycles. The van der Waals surface area contributed by atoms with Gasteiger partial charge in [0.2, 0.25) is 11.8 Å². The Bertz CT molecular complexity index is 650. The number of benzene rings is 1. The first-order valence-corrected chi connectivity index (χ1v) is 8.58. The summed E-state index contributed by atoms with van der Waals surface area (Å²) in [5.74, 6) is 2.32. The summed E-state index contributed by atoms with van der Waals surface area (Å²) in [6, 6.07) is 8.34. The van der Waals surface area contributed by atoms with Crippen LogP contribution < -0.4 is 4.74 Å². The van der Waals surface area contributed by atoms with Crippen molar-refractivity contribution >= 4 is 0 Å². The highest BCUT2D eigenvalue weighted by atomic mass is 16.5. The van der Waals surface area contributed by atoms with Crippen LogP contribution in [0.2, 0.25) is 0 Å². The van der Waals surface area contributed by atoms with Crippen LogP contribution in [0, 0.1) is 13.8 Å². The second-order valence-corrected chi connectivity index (χ2v) is 6.33. The summed E-state index contributed by atoms with van der Waals surface area (Å²) in [7, 11) is 0. The van der Waals surface area contributed by atoms with Gasteiger partial charge < -0.3 is 9.15 Å². The van der Waals surface area contributed by atoms with Crippen molar-refractivity contribution in [2.45, 2.75) is 26.8 Å². The van der Waals surface area contributed by atoms with Crippen molar-refractivity contribution in [1.29, 1.82) is 0 Å². The van der Waals surface area contributed by atoms with Gasteiger partial charge in [-0.3, -0.25) is 9.80 Å². The van der Waals surface area contributed by atoms with Crippen LogP contribution in [0.1, 0.15) is 30.3 Å². The van der Waals surface area contributed by atoms with Crippen LogP contribution in [0.15, 0.2) is 28.7 Å². The summed E-state index contributed by atoms with van der Waals surface area (Å²) < 4.78 is 11.5. The fourth-order valence-corrected chi connectivity index (χ4v) is 3.01. The molecule has 2 aromatic rings. The first-order valence-electron chi connectivity index (χ1n) is 8.58. The lowest BCUT2D eigenvalue weighted by atomic mass is 10.2. The highest BCUT2D eigenvalue weighted by Gasteiger charge is 2.25. The average Bonchev–Trinajstić information content (AvgIpc) is 3.03. The third-order valence-electron chi connectivity index (χ3n) is 4.61. The molecule has 0 unspecified atom stereocenters. The first kappa shape index (κ1) is 16.9. The molecule has 130 valence electrons. The Kier molecular flexibility index (Phi) is 5.48. The first-order chi connectivity index (χ1) is 11.6. The number of aromatic nitrogens is 2. The molecule has 6 heteroatoms. The van der Waals surface area contributed by atoms with Gasteiger partial charge >= 0.3 is 0 Å². The maximum Gasteiger partial charge on any atom is 0.233 e. The Balaban J connectivity index is 1.41. The van der Waals surface area contributed by atoms with E-state index in [0.29, 0.717) is 11.8 Å². The fraction of sp³-hybridized carbons (Fsp3) is 0.556. The number of ether oxygens (including phenoxy) is 1. The normalized spacial score (nSPS) is 17.8. The highest BCUT2D eigenvalue weighted by molar-refractivity contribution is 5.31. The second kappa shape index (κ2) is 7.77. The van der Waals surface area contributed by atoms with E-state index in [4.69, 9.17) is 9.15 Å². The van der Waals surface area contributed by atoms with Gasteiger partial charge in [-0.05, 0) is 25.5 Å². The number of hydrogen-bond donors (Lipinski definition) is 0. The molecule has 1 aliphatic heterocycles. The van der Waals surface area contributed by atoms with Crippen molar-refractivity contribution < 1.29 is 9.15 Å². The lowest BCUT2D eigenvalue weighted by molar-refractivity contribution is 0.0821. The van der Waals surface area contributed by atoms with Crippen molar-refractivity contribution in [1.82, 2.24) is 20.0 Å². The molecule has 0 radical (unpaired) electrons. The Labute approximate surface area is 143 Å². The molecule has 0 spiro atoms. The standard InChI is InChI=1S/C18H26N4O2/c1-14-6-4-5-7-17(14)23-13-12-21-8-10-22(11-9-21)15(2)18-20-19-16(3)24-18/h4-7,15H,8-13H2,1-3H3/t15-/m0/s1. The monoisotopic (exact) mass is 330 g/mol. The van der Waals surface area contributed by atoms with Crippen LogP contribution in [-0.4, -0.2) is 59.3 Å². The van der Waals surface area contributed by atoms with E-state index < -0.39 is 0 Å². The zero-order valence-corrected chi connectivity index (χ0v) is 14.7. The minimum Gasteiger partial charge on any atom is -0.492 e. The van der Waals surface area contributed by atoms with Crippen molar-refractivity contribution in [3.63, 3.8) is 0 Å². The summed E-state index contributed by atoms with van der Waals surface area (Å²) >= 11 is 0. The van der Waals surface area contributed by atoms with Gasteiger partial charge in [-0.2, -0.15) is 0 Å². The summed E-state index contributed by atoms with van der Waals surface area (Å²) in [5.41, 5.74) is 1.19. The number of piperazine rings is 1. The minimum absolute atomic E-state index is 0.177. The maximum absolute atomic E-state index is 5.90. The molecule has 0 N–H and O–H groups in total. The molecule has 1 aliphatic rings. The predicted molar refractivity (Wildman–Crippen MR) is 92.1 cm³/mol. The van der Waals surface area contributed by atoms with Crippen LogP contribution in [-0.2, 0) is 0 Å². The Morgan fingerprint density at radius 3 is 2.54 bits per heavy atom. The Morgan fingerprint density at radius 2 is 1.88 bits per heavy atom. The van der Waals surface area contributed by atoms with E-state index in [-0.39, 0.29) is 6.04 Å². The lowest BCUT2D eigenvalue weighted by Gasteiger charge is -2.36. The predicted octanol–water partition coefficient (Wildman–Crippen LogP) is 2.44. The number of nitrogens with zero attached hydrogens (tertiary/aromatic N) is 4. The third kappa shape index (κ3) is 4.13. The molecule has 0 amide bonds. The summed E-state index contributed by atoms with van der Waals surface area (Å²) in [6.07, 6.45) is 0. The van der Waals surface area contributed by atoms with E-state index in [1.54, 1.807) is 0 Å². The van der Waals surface area contributed by atoms with E-state index in [9.17, 15) is 0 Å². The number of hydrogen-bond acceptors (Lipinski definition) is 6. The summed E-state index contributed by atoms with van der Waals surface area (Å²) in [6.45, 7) is 11.8. The van der Waals surface area contributed by atoms with Crippen LogP contribution in [0.25, 0.3) is 0 Å². The smallest absolute Gasteiger partial charge is 0.233 e. The van der Waals surface area contributed by atoms with Gasteiger partial charge in [0, 0.05) is 39.6 Å². The van der Waals surface area contributed by atoms with E-state index in [0.717, 1.165) is 45.1 Å². The van der Waals surface area contributed by atoms with Crippen molar-refractivity contribution in [3.05, 3.63) is 41.6 Å². The van der Waals surface area contributed by atoms with Crippen molar-refractivity contribution in [2.24, 2.45) is 0 Å². The van der Waals surface area contributed by atoms with Crippen molar-refractivity contribution in [2.75, 3.05) is 39.3 Å². The van der Waals surface area contributed by atoms with Crippen molar-refractivity contribution in [3.8, 4) is 5.75 Å². The minimum atomic E-state index is 0.177. The topological polar surface area (TPSA) is 54.6 Å². The zero-order valence-electron chi connectivity index (χ0n) is 14.7. The van der Waals surface area contributed by atoms with Crippen LogP contribution in [0.4, 0.5) is 0 Å². The third-order valence-corrected chi connectivity index (χ3v) is 4.61. The molecular formula is C18H26N4O2. The van der Waals surface area contributed by atoms with Crippen LogP contribution in [0.3, 0.4) is 0 Å². The van der Waals surface area contributed by atoms with Gasteiger partial charge in [0.05, 0.1) is 6.04 Å². The van der Waals surface area contributed by atoms with E-state index >= 15 is 0 Å². The summed E-state index contributed by atoms with van der Waals surface area (Å²) in [4.78, 5) is 4.84. The SMILES string of the molecule is Cc1nnc([C@H](C)N2CCN(CCOc3ccccc3C)CC2)o1. The number of aryl methyl sites for hydroxylation is 2. The molecule has 1 fully saturated rings. The van der Waals surface area contributed by atoms with E-state index in [1.807, 2.05) is 25.1 Å². The zero-order chi connectivity index (χ0) is 16.9. The molecule has 2 heterocycles. The average molecular weight is 330 g/mol. The highest BCUT2D eigenvalue weighted by Crippen LogP contribution is 2.20. The molecule has 3 rings (SSSR count). The molecular weight excluding hydrogens is 304 g/mol. The fourth-order valence-electron chi connectivity index (χ4n) is 3.01. The Hall–Kier alpha value is -1.92. The molecule has 6 nitrogen and oxygen atoms in total. The molecule has 1 aromatic carbocycles. The Morgan fingerprint density at radius 1 is 1.12 bits per heavy atom. The van der Waals surface area contributed by atoms with Gasteiger partial charge in [0.15, 0.2) is 0 Å². The van der Waals surface area contributed by atoms with Gasteiger partial charge in [-0.25, -0.2) is 0 Å². The number of para-hydroxylation sites is 1. The van der Waals surface area contributed by atoms with E-state index in [1.165, 1.54) is 5.56 Å². The second-order valence-electron chi connectivity index (χ2n) is 6.33. The van der Waals surface area contributed by atoms with Gasteiger partial charge in [-0.1, -0.05) is 18.2 Å². The molecule has 0 saturated carbocycles. The molecule has 0 aliphatic carbocycles. The van der Waals surface area contributed by atoms with Gasteiger partial charge in [-0.15, -0.1) is 10.2 Å². The summed E-state index contributed by atoms with van der Waals surface area (Å²) in [5, 5.41) is 8.06. The maximum atomic E-state index is 5.90. The van der Waals surface area contributed by atoms with Gasteiger partial charge in [0.1, 0.15) is 12.4 Å². The molecule has 0 bridgehead atoms. The molecule has 1 atom stereocenters. The molecule has 1 saturated heterocycles.